The normalized spacial score (nSPS) is 17.9. The van der Waals surface area contributed by atoms with E-state index in [4.69, 9.17) is 18.9 Å². The number of ether oxygens (including phenoxy) is 4. The van der Waals surface area contributed by atoms with Crippen LogP contribution in [-0.2, 0) is 23.8 Å². The Hall–Kier alpha value is -2.08. The fourth-order valence-corrected chi connectivity index (χ4v) is 3.35. The van der Waals surface area contributed by atoms with E-state index in [9.17, 15) is 9.59 Å². The molecular formula is C25H38O6. The fraction of sp³-hybridized carbons (Fsp3) is 0.680. The molecule has 0 bridgehead atoms. The van der Waals surface area contributed by atoms with Gasteiger partial charge >= 0.3 is 11.9 Å². The molecule has 0 aromatic heterocycles. The molecule has 1 aliphatic rings. The second-order valence-electron chi connectivity index (χ2n) is 9.40. The third kappa shape index (κ3) is 8.90. The van der Waals surface area contributed by atoms with Crippen molar-refractivity contribution < 1.29 is 28.5 Å². The van der Waals surface area contributed by atoms with Gasteiger partial charge in [-0.3, -0.25) is 9.59 Å². The number of benzene rings is 1. The zero-order chi connectivity index (χ0) is 23.0. The highest BCUT2D eigenvalue weighted by Gasteiger charge is 2.42. The number of para-hydroxylation sites is 1. The lowest BCUT2D eigenvalue weighted by Crippen LogP contribution is -2.46. The van der Waals surface area contributed by atoms with E-state index in [1.165, 1.54) is 0 Å². The Morgan fingerprint density at radius 2 is 1.74 bits per heavy atom. The number of esters is 2. The van der Waals surface area contributed by atoms with E-state index in [-0.39, 0.29) is 12.5 Å². The molecule has 0 radical (unpaired) electrons. The average Bonchev–Trinajstić information content (AvgIpc) is 3.51. The molecule has 0 aliphatic heterocycles. The smallest absolute Gasteiger partial charge is 0.309 e. The molecule has 1 aromatic rings. The summed E-state index contributed by atoms with van der Waals surface area (Å²) in [5.41, 5.74) is -0.587. The van der Waals surface area contributed by atoms with Gasteiger partial charge in [-0.1, -0.05) is 32.0 Å². The molecule has 0 saturated heterocycles. The maximum atomic E-state index is 12.7. The molecule has 1 fully saturated rings. The molecule has 6 nitrogen and oxygen atoms in total. The Balaban J connectivity index is 2.06. The Labute approximate surface area is 186 Å². The molecule has 1 saturated carbocycles. The van der Waals surface area contributed by atoms with Crippen LogP contribution in [-0.4, -0.2) is 42.5 Å². The van der Waals surface area contributed by atoms with E-state index >= 15 is 0 Å². The maximum Gasteiger partial charge on any atom is 0.309 e. The average molecular weight is 435 g/mol. The minimum Gasteiger partial charge on any atom is -0.484 e. The molecule has 0 N–H and O–H groups in total. The van der Waals surface area contributed by atoms with Crippen molar-refractivity contribution in [2.75, 3.05) is 6.61 Å². The minimum absolute atomic E-state index is 0.0224. The molecule has 6 heteroatoms. The molecule has 0 unspecified atom stereocenters. The predicted octanol–water partition coefficient (Wildman–Crippen LogP) is 4.94. The van der Waals surface area contributed by atoms with E-state index in [2.05, 4.69) is 6.92 Å². The first-order chi connectivity index (χ1) is 14.6. The highest BCUT2D eigenvalue weighted by Crippen LogP contribution is 2.38. The van der Waals surface area contributed by atoms with Gasteiger partial charge in [0.1, 0.15) is 23.6 Å². The van der Waals surface area contributed by atoms with E-state index in [0.717, 1.165) is 19.3 Å². The van der Waals surface area contributed by atoms with Gasteiger partial charge in [0.25, 0.3) is 0 Å². The summed E-state index contributed by atoms with van der Waals surface area (Å²) in [5, 5.41) is 0. The van der Waals surface area contributed by atoms with Gasteiger partial charge in [0.2, 0.25) is 0 Å². The van der Waals surface area contributed by atoms with Gasteiger partial charge in [-0.05, 0) is 65.0 Å². The zero-order valence-corrected chi connectivity index (χ0v) is 19.8. The molecule has 0 spiro atoms. The van der Waals surface area contributed by atoms with Crippen LogP contribution in [0.15, 0.2) is 30.3 Å². The number of carbonyl (C=O) groups is 2. The van der Waals surface area contributed by atoms with E-state index in [0.29, 0.717) is 18.3 Å². The Morgan fingerprint density at radius 1 is 1.10 bits per heavy atom. The number of hydrogen-bond donors (Lipinski definition) is 0. The first kappa shape index (κ1) is 25.2. The minimum atomic E-state index is -0.606. The van der Waals surface area contributed by atoms with E-state index < -0.39 is 35.7 Å². The molecule has 1 aliphatic carbocycles. The Bertz CT molecular complexity index is 692. The van der Waals surface area contributed by atoms with Crippen molar-refractivity contribution in [3.05, 3.63) is 30.3 Å². The van der Waals surface area contributed by atoms with Crippen molar-refractivity contribution in [2.45, 2.75) is 91.1 Å². The van der Waals surface area contributed by atoms with Crippen LogP contribution in [0, 0.1) is 11.8 Å². The van der Waals surface area contributed by atoms with Crippen LogP contribution in [0.4, 0.5) is 0 Å². The molecule has 2 rings (SSSR count). The third-order valence-corrected chi connectivity index (χ3v) is 5.00. The second kappa shape index (κ2) is 11.5. The van der Waals surface area contributed by atoms with Crippen molar-refractivity contribution in [3.8, 4) is 5.75 Å². The maximum absolute atomic E-state index is 12.7. The SMILES string of the molecule is CCCO[C@@H](C1CC1)[C@@H](Oc1ccccc1)[C@H](C)OC(=O)[C@H](C)CC(=O)OC(C)(C)C. The monoisotopic (exact) mass is 434 g/mol. The van der Waals surface area contributed by atoms with Gasteiger partial charge < -0.3 is 18.9 Å². The van der Waals surface area contributed by atoms with E-state index in [1.807, 2.05) is 37.3 Å². The Morgan fingerprint density at radius 3 is 2.29 bits per heavy atom. The zero-order valence-electron chi connectivity index (χ0n) is 19.8. The summed E-state index contributed by atoms with van der Waals surface area (Å²) in [4.78, 5) is 24.8. The number of carbonyl (C=O) groups excluding carboxylic acids is 2. The van der Waals surface area contributed by atoms with Crippen LogP contribution in [0.3, 0.4) is 0 Å². The van der Waals surface area contributed by atoms with Gasteiger partial charge in [0, 0.05) is 6.61 Å². The molecule has 0 heterocycles. The van der Waals surface area contributed by atoms with Crippen molar-refractivity contribution in [3.63, 3.8) is 0 Å². The lowest BCUT2D eigenvalue weighted by molar-refractivity contribution is -0.168. The first-order valence-corrected chi connectivity index (χ1v) is 11.4. The van der Waals surface area contributed by atoms with Crippen LogP contribution in [0.1, 0.15) is 67.2 Å². The number of rotatable bonds is 12. The summed E-state index contributed by atoms with van der Waals surface area (Å²) >= 11 is 0. The second-order valence-corrected chi connectivity index (χ2v) is 9.40. The molecular weight excluding hydrogens is 396 g/mol. The van der Waals surface area contributed by atoms with Gasteiger partial charge in [-0.25, -0.2) is 0 Å². The van der Waals surface area contributed by atoms with Gasteiger partial charge in [-0.15, -0.1) is 0 Å². The molecule has 1 aromatic carbocycles. The molecule has 174 valence electrons. The lowest BCUT2D eigenvalue weighted by Gasteiger charge is -2.32. The van der Waals surface area contributed by atoms with Crippen LogP contribution in [0.2, 0.25) is 0 Å². The fourth-order valence-electron chi connectivity index (χ4n) is 3.35. The van der Waals surface area contributed by atoms with Gasteiger partial charge in [-0.2, -0.15) is 0 Å². The highest BCUT2D eigenvalue weighted by atomic mass is 16.6. The van der Waals surface area contributed by atoms with Crippen molar-refractivity contribution >= 4 is 11.9 Å². The van der Waals surface area contributed by atoms with Gasteiger partial charge in [0.05, 0.1) is 12.3 Å². The van der Waals surface area contributed by atoms with Crippen molar-refractivity contribution in [1.29, 1.82) is 0 Å². The van der Waals surface area contributed by atoms with Crippen LogP contribution < -0.4 is 4.74 Å². The van der Waals surface area contributed by atoms with Crippen LogP contribution >= 0.6 is 0 Å². The Kier molecular flexibility index (Phi) is 9.35. The summed E-state index contributed by atoms with van der Waals surface area (Å²) in [7, 11) is 0. The highest BCUT2D eigenvalue weighted by molar-refractivity contribution is 5.79. The summed E-state index contributed by atoms with van der Waals surface area (Å²) in [6, 6.07) is 9.51. The molecule has 4 atom stereocenters. The van der Waals surface area contributed by atoms with Crippen LogP contribution in [0.5, 0.6) is 5.75 Å². The van der Waals surface area contributed by atoms with Crippen molar-refractivity contribution in [2.24, 2.45) is 11.8 Å². The molecule has 0 amide bonds. The third-order valence-electron chi connectivity index (χ3n) is 5.00. The summed E-state index contributed by atoms with van der Waals surface area (Å²) in [6.45, 7) is 11.6. The van der Waals surface area contributed by atoms with Crippen molar-refractivity contribution in [1.82, 2.24) is 0 Å². The summed E-state index contributed by atoms with van der Waals surface area (Å²) in [6.07, 6.45) is 1.94. The molecule has 31 heavy (non-hydrogen) atoms. The van der Waals surface area contributed by atoms with E-state index in [1.54, 1.807) is 27.7 Å². The summed E-state index contributed by atoms with van der Waals surface area (Å²) < 4.78 is 23.5. The quantitative estimate of drug-likeness (QED) is 0.434. The van der Waals surface area contributed by atoms with Crippen LogP contribution in [0.25, 0.3) is 0 Å². The standard InChI is InChI=1S/C25H38O6/c1-7-15-28-23(19-13-14-19)22(30-20-11-9-8-10-12-20)18(3)29-24(27)17(2)16-21(26)31-25(4,5)6/h8-12,17-19,22-23H,7,13-16H2,1-6H3/t17-,18+,22+,23+/m1/s1. The first-order valence-electron chi connectivity index (χ1n) is 11.4. The predicted molar refractivity (Wildman–Crippen MR) is 119 cm³/mol. The largest absolute Gasteiger partial charge is 0.484 e. The lowest BCUT2D eigenvalue weighted by atomic mass is 10.0. The van der Waals surface area contributed by atoms with Gasteiger partial charge in [0.15, 0.2) is 6.10 Å². The summed E-state index contributed by atoms with van der Waals surface area (Å²) in [5.74, 6) is -0.344. The topological polar surface area (TPSA) is 71.1 Å². The number of hydrogen-bond acceptors (Lipinski definition) is 6.